The summed E-state index contributed by atoms with van der Waals surface area (Å²) in [6.07, 6.45) is -8.72. The summed E-state index contributed by atoms with van der Waals surface area (Å²) in [5.41, 5.74) is 3.92. The molecule has 0 aliphatic carbocycles. The zero-order valence-corrected chi connectivity index (χ0v) is 25.6. The predicted octanol–water partition coefficient (Wildman–Crippen LogP) is 7.19. The van der Waals surface area contributed by atoms with Crippen LogP contribution in [0.5, 0.6) is 0 Å². The number of halogens is 6. The quantitative estimate of drug-likeness (QED) is 0.250. The van der Waals surface area contributed by atoms with Crippen LogP contribution in [0, 0.1) is 0 Å². The molecule has 3 N–H and O–H groups in total. The van der Waals surface area contributed by atoms with Crippen molar-refractivity contribution in [1.82, 2.24) is 14.9 Å². The van der Waals surface area contributed by atoms with E-state index in [1.807, 2.05) is 32.9 Å². The van der Waals surface area contributed by atoms with E-state index in [1.165, 1.54) is 0 Å². The summed E-state index contributed by atoms with van der Waals surface area (Å²) in [5.74, 6) is -0.706. The fourth-order valence-electron chi connectivity index (χ4n) is 5.24. The summed E-state index contributed by atoms with van der Waals surface area (Å²) in [6.45, 7) is 6.54. The Kier molecular flexibility index (Phi) is 10.2. The molecule has 248 valence electrons. The van der Waals surface area contributed by atoms with Gasteiger partial charge in [0, 0.05) is 25.0 Å². The SMILES string of the molecule is CC(C)(C)OC(=O)N1CCC(c2ccc(Nc3ncc(C(F)(F)F)c(CCc4cc(C(F)(F)F)ccc4CC(N)=O)n3)cc2)CC1. The van der Waals surface area contributed by atoms with Gasteiger partial charge in [-0.3, -0.25) is 4.79 Å². The van der Waals surface area contributed by atoms with Gasteiger partial charge in [-0.05, 0) is 93.3 Å². The lowest BCUT2D eigenvalue weighted by Crippen LogP contribution is -2.41. The number of ether oxygens (including phenoxy) is 1. The van der Waals surface area contributed by atoms with E-state index >= 15 is 0 Å². The number of piperidine rings is 1. The monoisotopic (exact) mass is 651 g/mol. The molecule has 46 heavy (non-hydrogen) atoms. The number of nitrogens with zero attached hydrogens (tertiary/aromatic N) is 3. The highest BCUT2D eigenvalue weighted by Gasteiger charge is 2.35. The Labute approximate surface area is 262 Å². The average molecular weight is 652 g/mol. The Hall–Kier alpha value is -4.36. The Morgan fingerprint density at radius 2 is 1.59 bits per heavy atom. The number of carbonyl (C=O) groups is 2. The smallest absolute Gasteiger partial charge is 0.419 e. The molecule has 0 unspecified atom stereocenters. The Bertz CT molecular complexity index is 1540. The largest absolute Gasteiger partial charge is 0.444 e. The average Bonchev–Trinajstić information content (AvgIpc) is 2.95. The number of primary amides is 1. The lowest BCUT2D eigenvalue weighted by molar-refractivity contribution is -0.139. The molecule has 1 saturated heterocycles. The molecule has 3 aromatic rings. The molecule has 0 saturated carbocycles. The van der Waals surface area contributed by atoms with Crippen LogP contribution in [0.15, 0.2) is 48.7 Å². The number of likely N-dealkylation sites (tertiary alicyclic amines) is 1. The fraction of sp³-hybridized carbons (Fsp3) is 0.438. The summed E-state index contributed by atoms with van der Waals surface area (Å²) >= 11 is 0. The molecule has 1 fully saturated rings. The normalized spacial score (nSPS) is 14.7. The standard InChI is InChI=1S/C32H35F6N5O3/c1-30(2,3)46-29(45)43-14-12-20(13-15-43)19-5-9-24(10-6-19)41-28-40-18-25(32(36,37)38)26(42-28)11-7-21-16-23(31(33,34)35)8-4-22(21)17-27(39)44/h4-6,8-10,16,18,20H,7,11-15,17H2,1-3H3,(H2,39,44)(H,40,41,42). The molecule has 14 heteroatoms. The highest BCUT2D eigenvalue weighted by Crippen LogP contribution is 2.35. The van der Waals surface area contributed by atoms with E-state index in [4.69, 9.17) is 10.5 Å². The molecule has 0 spiro atoms. The minimum atomic E-state index is -4.81. The van der Waals surface area contributed by atoms with Crippen molar-refractivity contribution >= 4 is 23.6 Å². The maximum absolute atomic E-state index is 13.8. The van der Waals surface area contributed by atoms with E-state index in [0.717, 1.165) is 36.6 Å². The Morgan fingerprint density at radius 1 is 0.935 bits per heavy atom. The molecular formula is C32H35F6N5O3. The van der Waals surface area contributed by atoms with Crippen LogP contribution >= 0.6 is 0 Å². The Morgan fingerprint density at radius 3 is 2.15 bits per heavy atom. The third-order valence-corrected chi connectivity index (χ3v) is 7.49. The number of alkyl halides is 6. The maximum atomic E-state index is 13.8. The zero-order chi connectivity index (χ0) is 33.9. The number of anilines is 2. The fourth-order valence-corrected chi connectivity index (χ4v) is 5.24. The van der Waals surface area contributed by atoms with Gasteiger partial charge in [0.15, 0.2) is 0 Å². The molecule has 0 atom stereocenters. The van der Waals surface area contributed by atoms with Crippen molar-refractivity contribution in [3.8, 4) is 0 Å². The summed E-state index contributed by atoms with van der Waals surface area (Å²) < 4.78 is 87.0. The minimum absolute atomic E-state index is 0.0439. The first-order chi connectivity index (χ1) is 21.4. The number of carbonyl (C=O) groups excluding carboxylic acids is 2. The molecule has 8 nitrogen and oxygen atoms in total. The summed E-state index contributed by atoms with van der Waals surface area (Å²) in [5, 5.41) is 2.89. The van der Waals surface area contributed by atoms with Crippen LogP contribution in [0.1, 0.15) is 73.0 Å². The number of benzene rings is 2. The van der Waals surface area contributed by atoms with Crippen LogP contribution in [0.3, 0.4) is 0 Å². The van der Waals surface area contributed by atoms with Crippen LogP contribution in [-0.2, 0) is 41.1 Å². The molecule has 1 aromatic heterocycles. The summed E-state index contributed by atoms with van der Waals surface area (Å²) in [4.78, 5) is 33.4. The highest BCUT2D eigenvalue weighted by atomic mass is 19.4. The first-order valence-corrected chi connectivity index (χ1v) is 14.6. The van der Waals surface area contributed by atoms with E-state index in [-0.39, 0.29) is 48.3 Å². The maximum Gasteiger partial charge on any atom is 0.419 e. The first kappa shape index (κ1) is 34.5. The second-order valence-electron chi connectivity index (χ2n) is 12.2. The molecule has 0 radical (unpaired) electrons. The van der Waals surface area contributed by atoms with E-state index < -0.39 is 40.7 Å². The molecule has 0 bridgehead atoms. The number of aromatic nitrogens is 2. The van der Waals surface area contributed by atoms with Gasteiger partial charge in [-0.1, -0.05) is 18.2 Å². The number of nitrogens with two attached hydrogens (primary N) is 1. The van der Waals surface area contributed by atoms with Crippen LogP contribution < -0.4 is 11.1 Å². The molecular weight excluding hydrogens is 616 g/mol. The van der Waals surface area contributed by atoms with Gasteiger partial charge < -0.3 is 20.7 Å². The van der Waals surface area contributed by atoms with E-state index in [2.05, 4.69) is 15.3 Å². The van der Waals surface area contributed by atoms with E-state index in [9.17, 15) is 35.9 Å². The second-order valence-corrected chi connectivity index (χ2v) is 12.2. The zero-order valence-electron chi connectivity index (χ0n) is 25.6. The number of nitrogens with one attached hydrogen (secondary N) is 1. The molecule has 2 aromatic carbocycles. The minimum Gasteiger partial charge on any atom is -0.444 e. The van der Waals surface area contributed by atoms with E-state index in [0.29, 0.717) is 25.0 Å². The van der Waals surface area contributed by atoms with Gasteiger partial charge in [-0.15, -0.1) is 0 Å². The number of hydrogen-bond donors (Lipinski definition) is 2. The van der Waals surface area contributed by atoms with Crippen molar-refractivity contribution in [3.63, 3.8) is 0 Å². The van der Waals surface area contributed by atoms with Crippen molar-refractivity contribution in [2.45, 2.75) is 76.7 Å². The van der Waals surface area contributed by atoms with Crippen molar-refractivity contribution < 1.29 is 40.7 Å². The van der Waals surface area contributed by atoms with Crippen LogP contribution in [0.2, 0.25) is 0 Å². The molecule has 1 aliphatic rings. The second kappa shape index (κ2) is 13.6. The van der Waals surface area contributed by atoms with Crippen LogP contribution in [0.25, 0.3) is 0 Å². The third-order valence-electron chi connectivity index (χ3n) is 7.49. The number of amides is 2. The van der Waals surface area contributed by atoms with Gasteiger partial charge in [0.05, 0.1) is 23.2 Å². The van der Waals surface area contributed by atoms with Gasteiger partial charge >= 0.3 is 18.4 Å². The summed E-state index contributed by atoms with van der Waals surface area (Å²) in [6, 6.07) is 9.98. The van der Waals surface area contributed by atoms with Gasteiger partial charge in [0.1, 0.15) is 5.60 Å². The van der Waals surface area contributed by atoms with Gasteiger partial charge in [0.25, 0.3) is 0 Å². The number of hydrogen-bond acceptors (Lipinski definition) is 6. The predicted molar refractivity (Wildman–Crippen MR) is 158 cm³/mol. The van der Waals surface area contributed by atoms with Crippen molar-refractivity contribution in [2.24, 2.45) is 5.73 Å². The topological polar surface area (TPSA) is 110 Å². The number of rotatable bonds is 8. The van der Waals surface area contributed by atoms with Crippen molar-refractivity contribution in [3.05, 3.63) is 82.2 Å². The van der Waals surface area contributed by atoms with Gasteiger partial charge in [0.2, 0.25) is 11.9 Å². The van der Waals surface area contributed by atoms with Crippen molar-refractivity contribution in [1.29, 1.82) is 0 Å². The summed E-state index contributed by atoms with van der Waals surface area (Å²) in [7, 11) is 0. The number of aryl methyl sites for hydroxylation is 2. The van der Waals surface area contributed by atoms with E-state index in [1.54, 1.807) is 17.0 Å². The van der Waals surface area contributed by atoms with Crippen LogP contribution in [0.4, 0.5) is 42.8 Å². The van der Waals surface area contributed by atoms with Crippen LogP contribution in [-0.4, -0.2) is 45.6 Å². The Balaban J connectivity index is 1.47. The molecule has 2 heterocycles. The van der Waals surface area contributed by atoms with Crippen molar-refractivity contribution in [2.75, 3.05) is 18.4 Å². The molecule has 1 aliphatic heterocycles. The van der Waals surface area contributed by atoms with Gasteiger partial charge in [-0.25, -0.2) is 14.8 Å². The third kappa shape index (κ3) is 9.33. The first-order valence-electron chi connectivity index (χ1n) is 14.6. The van der Waals surface area contributed by atoms with Gasteiger partial charge in [-0.2, -0.15) is 26.3 Å². The lowest BCUT2D eigenvalue weighted by atomic mass is 9.89. The molecule has 4 rings (SSSR count). The lowest BCUT2D eigenvalue weighted by Gasteiger charge is -2.33. The highest BCUT2D eigenvalue weighted by molar-refractivity contribution is 5.77. The molecule has 2 amide bonds.